The first-order chi connectivity index (χ1) is 6.72. The molecule has 0 aliphatic carbocycles. The van der Waals surface area contributed by atoms with Gasteiger partial charge in [-0.25, -0.2) is 0 Å². The predicted octanol–water partition coefficient (Wildman–Crippen LogP) is 0.760. The van der Waals surface area contributed by atoms with E-state index < -0.39 is 0 Å². The van der Waals surface area contributed by atoms with Crippen molar-refractivity contribution < 1.29 is 9.53 Å². The van der Waals surface area contributed by atoms with Crippen molar-refractivity contribution in [2.24, 2.45) is 0 Å². The van der Waals surface area contributed by atoms with Crippen LogP contribution < -0.4 is 5.32 Å². The molecule has 0 saturated carbocycles. The standard InChI is InChI=1S/C9H13N3O2/c1-3-14-9(13)6-10-8-4-7(2)5-11-12-8/h4-5H,3,6H2,1-2H3,(H,10,12). The predicted molar refractivity (Wildman–Crippen MR) is 51.9 cm³/mol. The van der Waals surface area contributed by atoms with Crippen molar-refractivity contribution in [1.82, 2.24) is 10.2 Å². The highest BCUT2D eigenvalue weighted by Gasteiger charge is 2.01. The molecule has 0 fully saturated rings. The second-order valence-corrected chi connectivity index (χ2v) is 2.78. The van der Waals surface area contributed by atoms with Crippen LogP contribution in [0, 0.1) is 6.92 Å². The lowest BCUT2D eigenvalue weighted by Gasteiger charge is -2.04. The maximum Gasteiger partial charge on any atom is 0.325 e. The van der Waals surface area contributed by atoms with Gasteiger partial charge in [0, 0.05) is 0 Å². The van der Waals surface area contributed by atoms with Gasteiger partial charge in [0.1, 0.15) is 12.4 Å². The van der Waals surface area contributed by atoms with E-state index in [1.165, 1.54) is 0 Å². The summed E-state index contributed by atoms with van der Waals surface area (Å²) in [5, 5.41) is 10.4. The Morgan fingerprint density at radius 1 is 1.64 bits per heavy atom. The second kappa shape index (κ2) is 5.16. The van der Waals surface area contributed by atoms with Crippen molar-refractivity contribution in [3.8, 4) is 0 Å². The third-order valence-corrected chi connectivity index (χ3v) is 1.51. The summed E-state index contributed by atoms with van der Waals surface area (Å²) >= 11 is 0. The molecule has 76 valence electrons. The van der Waals surface area contributed by atoms with E-state index in [-0.39, 0.29) is 12.5 Å². The summed E-state index contributed by atoms with van der Waals surface area (Å²) < 4.78 is 4.74. The number of aryl methyl sites for hydroxylation is 1. The lowest BCUT2D eigenvalue weighted by Crippen LogP contribution is -2.17. The van der Waals surface area contributed by atoms with Gasteiger partial charge >= 0.3 is 5.97 Å². The zero-order chi connectivity index (χ0) is 10.4. The summed E-state index contributed by atoms with van der Waals surface area (Å²) in [6.07, 6.45) is 1.65. The van der Waals surface area contributed by atoms with Gasteiger partial charge in [-0.2, -0.15) is 5.10 Å². The lowest BCUT2D eigenvalue weighted by molar-refractivity contribution is -0.140. The number of anilines is 1. The van der Waals surface area contributed by atoms with Gasteiger partial charge in [0.2, 0.25) is 0 Å². The van der Waals surface area contributed by atoms with Crippen molar-refractivity contribution >= 4 is 11.8 Å². The SMILES string of the molecule is CCOC(=O)CNc1cc(C)cnn1. The van der Waals surface area contributed by atoms with Crippen LogP contribution >= 0.6 is 0 Å². The van der Waals surface area contributed by atoms with Gasteiger partial charge in [0.05, 0.1) is 12.8 Å². The van der Waals surface area contributed by atoms with Gasteiger partial charge in [-0.05, 0) is 25.5 Å². The molecule has 1 aromatic heterocycles. The van der Waals surface area contributed by atoms with Gasteiger partial charge in [0.25, 0.3) is 0 Å². The minimum atomic E-state index is -0.296. The number of esters is 1. The largest absolute Gasteiger partial charge is 0.465 e. The summed E-state index contributed by atoms with van der Waals surface area (Å²) in [5.41, 5.74) is 0.992. The van der Waals surface area contributed by atoms with E-state index in [1.807, 2.05) is 13.0 Å². The molecule has 0 aliphatic rings. The first kappa shape index (κ1) is 10.4. The maximum absolute atomic E-state index is 11.0. The van der Waals surface area contributed by atoms with Gasteiger partial charge in [-0.15, -0.1) is 5.10 Å². The Bertz CT molecular complexity index is 315. The van der Waals surface area contributed by atoms with Crippen LogP contribution in [0.4, 0.5) is 5.82 Å². The van der Waals surface area contributed by atoms with Crippen molar-refractivity contribution in [1.29, 1.82) is 0 Å². The Kier molecular flexibility index (Phi) is 3.84. The monoisotopic (exact) mass is 195 g/mol. The van der Waals surface area contributed by atoms with Crippen LogP contribution in [0.25, 0.3) is 0 Å². The quantitative estimate of drug-likeness (QED) is 0.718. The number of aromatic nitrogens is 2. The van der Waals surface area contributed by atoms with E-state index >= 15 is 0 Å². The van der Waals surface area contributed by atoms with Crippen LogP contribution in [0.2, 0.25) is 0 Å². The molecule has 5 nitrogen and oxygen atoms in total. The first-order valence-electron chi connectivity index (χ1n) is 4.41. The average Bonchev–Trinajstić information content (AvgIpc) is 2.15. The van der Waals surface area contributed by atoms with E-state index in [0.717, 1.165) is 5.56 Å². The fourth-order valence-corrected chi connectivity index (χ4v) is 0.925. The van der Waals surface area contributed by atoms with Crippen molar-refractivity contribution in [2.75, 3.05) is 18.5 Å². The molecule has 0 bridgehead atoms. The summed E-state index contributed by atoms with van der Waals surface area (Å²) in [4.78, 5) is 11.0. The molecule has 1 rings (SSSR count). The van der Waals surface area contributed by atoms with Gasteiger partial charge in [0.15, 0.2) is 0 Å². The molecule has 0 spiro atoms. The minimum absolute atomic E-state index is 0.117. The molecule has 1 N–H and O–H groups in total. The number of hydrogen-bond acceptors (Lipinski definition) is 5. The van der Waals surface area contributed by atoms with E-state index in [2.05, 4.69) is 15.5 Å². The molecule has 1 aromatic rings. The van der Waals surface area contributed by atoms with E-state index in [0.29, 0.717) is 12.4 Å². The lowest BCUT2D eigenvalue weighted by atomic mass is 10.3. The molecular formula is C9H13N3O2. The van der Waals surface area contributed by atoms with Crippen LogP contribution in [-0.2, 0) is 9.53 Å². The number of rotatable bonds is 4. The molecular weight excluding hydrogens is 182 g/mol. The zero-order valence-corrected chi connectivity index (χ0v) is 8.28. The molecule has 0 aliphatic heterocycles. The normalized spacial score (nSPS) is 9.57. The van der Waals surface area contributed by atoms with Crippen molar-refractivity contribution in [2.45, 2.75) is 13.8 Å². The highest BCUT2D eigenvalue weighted by Crippen LogP contribution is 2.02. The fraction of sp³-hybridized carbons (Fsp3) is 0.444. The molecule has 1 heterocycles. The maximum atomic E-state index is 11.0. The third kappa shape index (κ3) is 3.38. The first-order valence-corrected chi connectivity index (χ1v) is 4.41. The molecule has 0 aromatic carbocycles. The van der Waals surface area contributed by atoms with E-state index in [1.54, 1.807) is 13.1 Å². The van der Waals surface area contributed by atoms with Gasteiger partial charge in [-0.1, -0.05) is 0 Å². The molecule has 0 unspecified atom stereocenters. The highest BCUT2D eigenvalue weighted by molar-refractivity contribution is 5.74. The number of nitrogens with zero attached hydrogens (tertiary/aromatic N) is 2. The smallest absolute Gasteiger partial charge is 0.325 e. The topological polar surface area (TPSA) is 64.1 Å². The third-order valence-electron chi connectivity index (χ3n) is 1.51. The highest BCUT2D eigenvalue weighted by atomic mass is 16.5. The summed E-state index contributed by atoms with van der Waals surface area (Å²) in [6, 6.07) is 1.81. The molecule has 0 saturated heterocycles. The van der Waals surface area contributed by atoms with Crippen LogP contribution in [0.1, 0.15) is 12.5 Å². The average molecular weight is 195 g/mol. The fourth-order valence-electron chi connectivity index (χ4n) is 0.925. The summed E-state index contributed by atoms with van der Waals surface area (Å²) in [7, 11) is 0. The van der Waals surface area contributed by atoms with E-state index in [4.69, 9.17) is 4.74 Å². The Morgan fingerprint density at radius 3 is 3.07 bits per heavy atom. The van der Waals surface area contributed by atoms with Crippen LogP contribution in [0.3, 0.4) is 0 Å². The molecule has 0 amide bonds. The Balaban J connectivity index is 2.41. The Morgan fingerprint density at radius 2 is 2.43 bits per heavy atom. The van der Waals surface area contributed by atoms with E-state index in [9.17, 15) is 4.79 Å². The molecule has 14 heavy (non-hydrogen) atoms. The molecule has 0 atom stereocenters. The molecule has 0 radical (unpaired) electrons. The Hall–Kier alpha value is -1.65. The zero-order valence-electron chi connectivity index (χ0n) is 8.28. The number of ether oxygens (including phenoxy) is 1. The minimum Gasteiger partial charge on any atom is -0.465 e. The molecule has 5 heteroatoms. The van der Waals surface area contributed by atoms with Crippen LogP contribution in [-0.4, -0.2) is 29.3 Å². The number of carbonyl (C=O) groups is 1. The summed E-state index contributed by atoms with van der Waals surface area (Å²) in [5.74, 6) is 0.286. The number of carbonyl (C=O) groups excluding carboxylic acids is 1. The van der Waals surface area contributed by atoms with Crippen LogP contribution in [0.5, 0.6) is 0 Å². The second-order valence-electron chi connectivity index (χ2n) is 2.78. The van der Waals surface area contributed by atoms with Crippen molar-refractivity contribution in [3.63, 3.8) is 0 Å². The summed E-state index contributed by atoms with van der Waals surface area (Å²) in [6.45, 7) is 4.18. The number of nitrogens with one attached hydrogen (secondary N) is 1. The van der Waals surface area contributed by atoms with Gasteiger partial charge < -0.3 is 10.1 Å². The Labute approximate surface area is 82.5 Å². The van der Waals surface area contributed by atoms with Crippen molar-refractivity contribution in [3.05, 3.63) is 17.8 Å². The van der Waals surface area contributed by atoms with Crippen LogP contribution in [0.15, 0.2) is 12.3 Å². The van der Waals surface area contributed by atoms with Gasteiger partial charge in [-0.3, -0.25) is 4.79 Å². The number of hydrogen-bond donors (Lipinski definition) is 1.